The van der Waals surface area contributed by atoms with E-state index < -0.39 is 16.9 Å². The average molecular weight is 724 g/mol. The van der Waals surface area contributed by atoms with Crippen LogP contribution in [0.15, 0.2) is 47.6 Å². The molecule has 7 rings (SSSR count). The molecule has 5 heterocycles. The predicted octanol–water partition coefficient (Wildman–Crippen LogP) is 6.75. The van der Waals surface area contributed by atoms with Gasteiger partial charge in [0, 0.05) is 51.2 Å². The number of anilines is 1. The maximum atomic E-state index is 13.5. The van der Waals surface area contributed by atoms with Crippen molar-refractivity contribution in [1.29, 1.82) is 0 Å². The summed E-state index contributed by atoms with van der Waals surface area (Å²) < 4.78 is 22.7. The Balaban J connectivity index is 1.20. The fourth-order valence-electron chi connectivity index (χ4n) is 9.36. The minimum Gasteiger partial charge on any atom is -0.489 e. The number of hydrogen-bond acceptors (Lipinski definition) is 7. The summed E-state index contributed by atoms with van der Waals surface area (Å²) in [6.07, 6.45) is 19.6. The molecule has 9 atom stereocenters. The number of aromatic nitrogens is 1. The van der Waals surface area contributed by atoms with Crippen molar-refractivity contribution >= 4 is 34.3 Å². The van der Waals surface area contributed by atoms with Crippen molar-refractivity contribution in [2.45, 2.75) is 95.2 Å². The first-order valence-corrected chi connectivity index (χ1v) is 21.2. The molecule has 50 heavy (non-hydrogen) atoms. The van der Waals surface area contributed by atoms with Crippen LogP contribution in [0, 0.1) is 29.6 Å². The summed E-state index contributed by atoms with van der Waals surface area (Å²) in [5.41, 5.74) is 3.08. The summed E-state index contributed by atoms with van der Waals surface area (Å²) in [6, 6.07) is 4.32. The standard InChI is InChI=1S/C40H58ClN5O3S/c1-4-8-29-21-33(41)13-15-35(29)32-24-46-23-31-12-14-36(31)30(22-44-19-20-45-18-6-5-11-34(45)25-44)10-7-9-27(2)28(3)50(48)43-40(47)37-16-17-38(49-26-32)39(46)42-37/h7,10,13,15-17,27-28,30-34,36H,4-6,8-9,11-12,14,18-26H2,1-3H3,(H,43,47)/b10-7+. The van der Waals surface area contributed by atoms with E-state index >= 15 is 0 Å². The van der Waals surface area contributed by atoms with Crippen molar-refractivity contribution in [3.8, 4) is 5.75 Å². The number of piperidine rings is 1. The predicted molar refractivity (Wildman–Crippen MR) is 204 cm³/mol. The number of hydrogen-bond donors (Lipinski definition) is 1. The third kappa shape index (κ3) is 8.06. The number of pyridine rings is 1. The largest absolute Gasteiger partial charge is 0.489 e. The van der Waals surface area contributed by atoms with Crippen LogP contribution in [0.1, 0.15) is 89.0 Å². The van der Waals surface area contributed by atoms with E-state index in [9.17, 15) is 9.00 Å². The molecule has 274 valence electrons. The number of carbonyl (C=O) groups excluding carboxylic acids is 1. The smallest absolute Gasteiger partial charge is 0.281 e. The molecule has 8 nitrogen and oxygen atoms in total. The molecular weight excluding hydrogens is 666 g/mol. The molecule has 1 N–H and O–H groups in total. The Morgan fingerprint density at radius 3 is 2.76 bits per heavy atom. The molecule has 1 aromatic rings. The van der Waals surface area contributed by atoms with Gasteiger partial charge in [0.2, 0.25) is 0 Å². The number of piperazine rings is 1. The lowest BCUT2D eigenvalue weighted by Gasteiger charge is -2.48. The highest BCUT2D eigenvalue weighted by atomic mass is 35.5. The molecule has 4 aliphatic heterocycles. The number of fused-ring (bicyclic) bond motifs is 3. The molecule has 2 saturated heterocycles. The molecule has 0 aromatic carbocycles. The summed E-state index contributed by atoms with van der Waals surface area (Å²) in [5.74, 6) is 2.99. The average Bonchev–Trinajstić information content (AvgIpc) is 3.28. The van der Waals surface area contributed by atoms with Crippen LogP contribution in [-0.4, -0.2) is 94.0 Å². The Morgan fingerprint density at radius 1 is 1.06 bits per heavy atom. The van der Waals surface area contributed by atoms with Gasteiger partial charge >= 0.3 is 0 Å². The van der Waals surface area contributed by atoms with Crippen molar-refractivity contribution in [1.82, 2.24) is 19.5 Å². The molecule has 3 fully saturated rings. The van der Waals surface area contributed by atoms with E-state index in [4.69, 9.17) is 21.3 Å². The van der Waals surface area contributed by atoms with E-state index in [1.807, 2.05) is 13.0 Å². The number of allylic oxidation sites excluding steroid dienone is 4. The van der Waals surface area contributed by atoms with E-state index in [-0.39, 0.29) is 28.2 Å². The van der Waals surface area contributed by atoms with Gasteiger partial charge in [-0.25, -0.2) is 9.19 Å². The van der Waals surface area contributed by atoms with Crippen LogP contribution in [0.2, 0.25) is 0 Å². The van der Waals surface area contributed by atoms with E-state index in [1.54, 1.807) is 6.07 Å². The lowest BCUT2D eigenvalue weighted by molar-refractivity contribution is 0.0282. The first-order chi connectivity index (χ1) is 24.3. The van der Waals surface area contributed by atoms with Crippen molar-refractivity contribution < 1.29 is 13.7 Å². The van der Waals surface area contributed by atoms with Crippen LogP contribution in [0.25, 0.3) is 0 Å². The zero-order chi connectivity index (χ0) is 34.8. The maximum absolute atomic E-state index is 13.5. The van der Waals surface area contributed by atoms with E-state index in [2.05, 4.69) is 57.6 Å². The van der Waals surface area contributed by atoms with Crippen LogP contribution >= 0.6 is 11.6 Å². The van der Waals surface area contributed by atoms with E-state index in [0.717, 1.165) is 63.4 Å². The quantitative estimate of drug-likeness (QED) is 0.266. The number of amides is 1. The lowest BCUT2D eigenvalue weighted by Crippen LogP contribution is -2.56. The van der Waals surface area contributed by atoms with E-state index in [1.165, 1.54) is 62.9 Å². The molecule has 0 spiro atoms. The molecule has 2 bridgehead atoms. The molecule has 6 aliphatic rings. The van der Waals surface area contributed by atoms with Crippen LogP contribution in [0.4, 0.5) is 5.82 Å². The number of rotatable bonds is 5. The Morgan fingerprint density at radius 2 is 1.94 bits per heavy atom. The van der Waals surface area contributed by atoms with Gasteiger partial charge in [-0.15, -0.1) is 11.6 Å². The second-order valence-corrected chi connectivity index (χ2v) is 18.1. The fraction of sp³-hybridized carbons (Fsp3) is 0.700. The minimum absolute atomic E-state index is 0.0351. The van der Waals surface area contributed by atoms with Gasteiger partial charge in [-0.2, -0.15) is 0 Å². The summed E-state index contributed by atoms with van der Waals surface area (Å²) in [6.45, 7) is 14.5. The molecular formula is C40H58ClN5O3S. The zero-order valence-electron chi connectivity index (χ0n) is 30.4. The van der Waals surface area contributed by atoms with Gasteiger partial charge in [0.05, 0.1) is 17.2 Å². The van der Waals surface area contributed by atoms with Gasteiger partial charge in [-0.1, -0.05) is 56.6 Å². The van der Waals surface area contributed by atoms with Gasteiger partial charge in [-0.05, 0) is 99.8 Å². The number of halogens is 1. The fourth-order valence-corrected chi connectivity index (χ4v) is 10.6. The third-order valence-electron chi connectivity index (χ3n) is 12.7. The molecule has 1 saturated carbocycles. The summed E-state index contributed by atoms with van der Waals surface area (Å²) in [7, 11) is -1.53. The second-order valence-electron chi connectivity index (χ2n) is 16.0. The van der Waals surface area contributed by atoms with Crippen LogP contribution in [0.3, 0.4) is 0 Å². The summed E-state index contributed by atoms with van der Waals surface area (Å²) in [4.78, 5) is 26.4. The Hall–Kier alpha value is -2.20. The number of nitrogens with one attached hydrogen (secondary N) is 1. The molecule has 9 unspecified atom stereocenters. The highest BCUT2D eigenvalue weighted by molar-refractivity contribution is 7.84. The van der Waals surface area contributed by atoms with Crippen LogP contribution < -0.4 is 14.4 Å². The van der Waals surface area contributed by atoms with Crippen molar-refractivity contribution in [3.05, 3.63) is 53.3 Å². The van der Waals surface area contributed by atoms with Crippen LogP contribution in [-0.2, 0) is 11.0 Å². The minimum atomic E-state index is -1.53. The molecule has 10 heteroatoms. The summed E-state index contributed by atoms with van der Waals surface area (Å²) >= 11 is 6.63. The Kier molecular flexibility index (Phi) is 11.7. The Labute approximate surface area is 307 Å². The topological polar surface area (TPSA) is 78.0 Å². The molecule has 1 aromatic heterocycles. The van der Waals surface area contributed by atoms with Gasteiger partial charge < -0.3 is 9.64 Å². The third-order valence-corrected chi connectivity index (χ3v) is 14.5. The maximum Gasteiger partial charge on any atom is 0.281 e. The van der Waals surface area contributed by atoms with Gasteiger partial charge in [0.25, 0.3) is 5.91 Å². The lowest BCUT2D eigenvalue weighted by atomic mass is 9.66. The Bertz CT molecular complexity index is 1500. The molecule has 1 amide bonds. The van der Waals surface area contributed by atoms with Gasteiger partial charge in [-0.3, -0.25) is 19.3 Å². The monoisotopic (exact) mass is 723 g/mol. The number of carbonyl (C=O) groups is 1. The number of ether oxygens (including phenoxy) is 1. The molecule has 0 radical (unpaired) electrons. The van der Waals surface area contributed by atoms with Crippen molar-refractivity contribution in [2.24, 2.45) is 29.6 Å². The van der Waals surface area contributed by atoms with Crippen molar-refractivity contribution in [3.63, 3.8) is 0 Å². The first kappa shape index (κ1) is 36.2. The number of nitrogens with zero attached hydrogens (tertiary/aromatic N) is 4. The van der Waals surface area contributed by atoms with Crippen LogP contribution in [0.5, 0.6) is 5.75 Å². The van der Waals surface area contributed by atoms with Gasteiger partial charge in [0.15, 0.2) is 11.6 Å². The second kappa shape index (κ2) is 16.2. The molecule has 2 aliphatic carbocycles. The summed E-state index contributed by atoms with van der Waals surface area (Å²) in [5, 5.41) is -0.151. The zero-order valence-corrected chi connectivity index (χ0v) is 32.0. The van der Waals surface area contributed by atoms with Crippen molar-refractivity contribution in [2.75, 3.05) is 57.3 Å². The normalized spacial score (nSPS) is 36.4. The van der Waals surface area contributed by atoms with Gasteiger partial charge in [0.1, 0.15) is 16.7 Å². The van der Waals surface area contributed by atoms with E-state index in [0.29, 0.717) is 30.4 Å². The SMILES string of the molecule is CCCC1=C(C2COc3ccc4nc3N(C2)CC2CCC2C(CN2CCN3CCCCC3C2)/C=C/CC(C)C(C)S(=O)NC4=O)C=CC(Cl)C1. The highest BCUT2D eigenvalue weighted by Crippen LogP contribution is 2.44. The highest BCUT2D eigenvalue weighted by Gasteiger charge is 2.41. The first-order valence-electron chi connectivity index (χ1n) is 19.5. The number of alkyl halides is 1.